The number of nitrogen functional groups attached to an aromatic ring is 1. The van der Waals surface area contributed by atoms with Crippen molar-refractivity contribution in [1.82, 2.24) is 15.0 Å². The van der Waals surface area contributed by atoms with E-state index in [1.807, 2.05) is 30.3 Å². The van der Waals surface area contributed by atoms with Crippen LogP contribution < -0.4 is 5.73 Å². The fraction of sp³-hybridized carbons (Fsp3) is 0. The molecule has 0 fully saturated rings. The molecule has 3 rings (SSSR count). The van der Waals surface area contributed by atoms with Crippen LogP contribution in [0.25, 0.3) is 10.9 Å². The quantitative estimate of drug-likeness (QED) is 0.712. The van der Waals surface area contributed by atoms with Gasteiger partial charge in [0.25, 0.3) is 0 Å². The van der Waals surface area contributed by atoms with Crippen molar-refractivity contribution >= 4 is 28.4 Å². The van der Waals surface area contributed by atoms with Gasteiger partial charge in [-0.15, -0.1) is 0 Å². The van der Waals surface area contributed by atoms with Gasteiger partial charge in [-0.05, 0) is 12.1 Å². The van der Waals surface area contributed by atoms with Crippen molar-refractivity contribution in [3.8, 4) is 0 Å². The molecule has 18 heavy (non-hydrogen) atoms. The van der Waals surface area contributed by atoms with Gasteiger partial charge in [0.15, 0.2) is 0 Å². The minimum atomic E-state index is 0.658. The molecule has 0 amide bonds. The van der Waals surface area contributed by atoms with E-state index in [2.05, 4.69) is 15.0 Å². The van der Waals surface area contributed by atoms with Crippen LogP contribution in [0.3, 0.4) is 0 Å². The molecule has 5 heteroatoms. The number of fused-ring (bicyclic) bond motifs is 1. The molecule has 4 nitrogen and oxygen atoms in total. The van der Waals surface area contributed by atoms with E-state index in [4.69, 9.17) is 5.73 Å². The second kappa shape index (κ2) is 4.62. The molecule has 3 aromatic rings. The third kappa shape index (κ3) is 2.00. The summed E-state index contributed by atoms with van der Waals surface area (Å²) in [6, 6.07) is 9.80. The third-order valence-electron chi connectivity index (χ3n) is 2.52. The van der Waals surface area contributed by atoms with Gasteiger partial charge >= 0.3 is 0 Å². The number of rotatable bonds is 2. The van der Waals surface area contributed by atoms with Crippen LogP contribution in [-0.4, -0.2) is 15.0 Å². The highest BCUT2D eigenvalue weighted by Gasteiger charge is 2.07. The monoisotopic (exact) mass is 254 g/mol. The highest BCUT2D eigenvalue weighted by molar-refractivity contribution is 7.99. The summed E-state index contributed by atoms with van der Waals surface area (Å²) < 4.78 is 0. The maximum atomic E-state index is 5.89. The fourth-order valence-corrected chi connectivity index (χ4v) is 2.54. The molecular weight excluding hydrogens is 244 g/mol. The molecule has 0 aliphatic carbocycles. The third-order valence-corrected chi connectivity index (χ3v) is 3.63. The lowest BCUT2D eigenvalue weighted by molar-refractivity contribution is 1.10. The van der Waals surface area contributed by atoms with Crippen LogP contribution in [0.15, 0.2) is 59.0 Å². The van der Waals surface area contributed by atoms with E-state index in [1.54, 1.807) is 18.7 Å². The van der Waals surface area contributed by atoms with Crippen molar-refractivity contribution in [3.63, 3.8) is 0 Å². The smallest absolute Gasteiger partial charge is 0.117 e. The topological polar surface area (TPSA) is 64.7 Å². The van der Waals surface area contributed by atoms with Gasteiger partial charge in [-0.25, -0.2) is 9.97 Å². The lowest BCUT2D eigenvalue weighted by atomic mass is 10.2. The van der Waals surface area contributed by atoms with Crippen LogP contribution in [0, 0.1) is 0 Å². The second-order valence-electron chi connectivity index (χ2n) is 3.71. The standard InChI is InChI=1S/C13H10N4S/c14-10-7-15-6-5-12(10)18-13-9-3-1-2-4-11(9)16-8-17-13/h1-8H,14H2. The molecule has 0 unspecified atom stereocenters. The van der Waals surface area contributed by atoms with Crippen LogP contribution in [0.2, 0.25) is 0 Å². The first-order valence-corrected chi connectivity index (χ1v) is 6.23. The number of nitrogens with two attached hydrogens (primary N) is 1. The molecule has 0 saturated heterocycles. The minimum absolute atomic E-state index is 0.658. The Balaban J connectivity index is 2.08. The van der Waals surface area contributed by atoms with Gasteiger partial charge in [-0.3, -0.25) is 4.98 Å². The summed E-state index contributed by atoms with van der Waals surface area (Å²) in [7, 11) is 0. The van der Waals surface area contributed by atoms with Crippen molar-refractivity contribution in [3.05, 3.63) is 49.1 Å². The Hall–Kier alpha value is -2.14. The zero-order valence-electron chi connectivity index (χ0n) is 9.45. The zero-order chi connectivity index (χ0) is 12.4. The first-order chi connectivity index (χ1) is 8.84. The molecule has 0 aliphatic rings. The number of hydrogen-bond donors (Lipinski definition) is 1. The Morgan fingerprint density at radius 2 is 1.94 bits per heavy atom. The van der Waals surface area contributed by atoms with E-state index < -0.39 is 0 Å². The van der Waals surface area contributed by atoms with Crippen molar-refractivity contribution in [2.75, 3.05) is 5.73 Å². The average Bonchev–Trinajstić information content (AvgIpc) is 2.42. The van der Waals surface area contributed by atoms with Gasteiger partial charge in [-0.1, -0.05) is 30.0 Å². The van der Waals surface area contributed by atoms with E-state index >= 15 is 0 Å². The van der Waals surface area contributed by atoms with Crippen molar-refractivity contribution in [2.45, 2.75) is 9.92 Å². The lowest BCUT2D eigenvalue weighted by Crippen LogP contribution is -1.91. The summed E-state index contributed by atoms with van der Waals surface area (Å²) in [4.78, 5) is 13.5. The first kappa shape index (κ1) is 11.0. The maximum absolute atomic E-state index is 5.89. The van der Waals surface area contributed by atoms with Crippen molar-refractivity contribution in [1.29, 1.82) is 0 Å². The van der Waals surface area contributed by atoms with Crippen molar-refractivity contribution < 1.29 is 0 Å². The highest BCUT2D eigenvalue weighted by Crippen LogP contribution is 2.33. The summed E-state index contributed by atoms with van der Waals surface area (Å²) in [6.45, 7) is 0. The zero-order valence-corrected chi connectivity index (χ0v) is 10.3. The normalized spacial score (nSPS) is 10.7. The average molecular weight is 254 g/mol. The molecule has 0 saturated carbocycles. The molecule has 0 spiro atoms. The van der Waals surface area contributed by atoms with Gasteiger partial charge in [0.05, 0.1) is 17.4 Å². The molecule has 2 heterocycles. The van der Waals surface area contributed by atoms with E-state index in [1.165, 1.54) is 11.8 Å². The molecule has 0 atom stereocenters. The van der Waals surface area contributed by atoms with E-state index in [-0.39, 0.29) is 0 Å². The summed E-state index contributed by atoms with van der Waals surface area (Å²) in [5.74, 6) is 0. The molecule has 2 aromatic heterocycles. The largest absolute Gasteiger partial charge is 0.397 e. The van der Waals surface area contributed by atoms with Crippen LogP contribution in [0.1, 0.15) is 0 Å². The Morgan fingerprint density at radius 1 is 1.06 bits per heavy atom. The molecule has 0 radical (unpaired) electrons. The SMILES string of the molecule is Nc1cnccc1Sc1ncnc2ccccc12. The van der Waals surface area contributed by atoms with Crippen LogP contribution in [0.4, 0.5) is 5.69 Å². The number of aromatic nitrogens is 3. The van der Waals surface area contributed by atoms with Gasteiger partial charge in [0, 0.05) is 16.5 Å². The van der Waals surface area contributed by atoms with Gasteiger partial charge in [0.1, 0.15) is 11.4 Å². The van der Waals surface area contributed by atoms with E-state index in [9.17, 15) is 0 Å². The predicted octanol–water partition coefficient (Wildman–Crippen LogP) is 2.76. The summed E-state index contributed by atoms with van der Waals surface area (Å²) in [5, 5.41) is 1.93. The minimum Gasteiger partial charge on any atom is -0.397 e. The van der Waals surface area contributed by atoms with Gasteiger partial charge in [-0.2, -0.15) is 0 Å². The number of nitrogens with zero attached hydrogens (tertiary/aromatic N) is 3. The van der Waals surface area contributed by atoms with Crippen LogP contribution in [-0.2, 0) is 0 Å². The summed E-state index contributed by atoms with van der Waals surface area (Å²) in [6.07, 6.45) is 4.94. The first-order valence-electron chi connectivity index (χ1n) is 5.41. The van der Waals surface area contributed by atoms with Crippen LogP contribution in [0.5, 0.6) is 0 Å². The lowest BCUT2D eigenvalue weighted by Gasteiger charge is -2.06. The number of pyridine rings is 1. The second-order valence-corrected chi connectivity index (χ2v) is 4.74. The Labute approximate surface area is 108 Å². The molecular formula is C13H10N4S. The number of benzene rings is 1. The van der Waals surface area contributed by atoms with Gasteiger partial charge < -0.3 is 5.73 Å². The fourth-order valence-electron chi connectivity index (χ4n) is 1.65. The predicted molar refractivity (Wildman–Crippen MR) is 72.3 cm³/mol. The Kier molecular flexibility index (Phi) is 2.82. The number of para-hydroxylation sites is 1. The molecule has 88 valence electrons. The molecule has 1 aromatic carbocycles. The maximum Gasteiger partial charge on any atom is 0.117 e. The molecule has 0 aliphatic heterocycles. The number of anilines is 1. The van der Waals surface area contributed by atoms with Gasteiger partial charge in [0.2, 0.25) is 0 Å². The Morgan fingerprint density at radius 3 is 2.83 bits per heavy atom. The molecule has 0 bridgehead atoms. The number of hydrogen-bond acceptors (Lipinski definition) is 5. The van der Waals surface area contributed by atoms with E-state index in [0.717, 1.165) is 20.8 Å². The molecule has 2 N–H and O–H groups in total. The summed E-state index contributed by atoms with van der Waals surface area (Å²) in [5.41, 5.74) is 7.48. The van der Waals surface area contributed by atoms with Crippen LogP contribution >= 0.6 is 11.8 Å². The Bertz CT molecular complexity index is 694. The van der Waals surface area contributed by atoms with E-state index in [0.29, 0.717) is 5.69 Å². The highest BCUT2D eigenvalue weighted by atomic mass is 32.2. The van der Waals surface area contributed by atoms with Crippen molar-refractivity contribution in [2.24, 2.45) is 0 Å². The summed E-state index contributed by atoms with van der Waals surface area (Å²) >= 11 is 1.53.